The van der Waals surface area contributed by atoms with Gasteiger partial charge in [-0.2, -0.15) is 4.98 Å². The van der Waals surface area contributed by atoms with Gasteiger partial charge in [0.1, 0.15) is 11.9 Å². The van der Waals surface area contributed by atoms with Gasteiger partial charge < -0.3 is 10.5 Å². The van der Waals surface area contributed by atoms with Gasteiger partial charge in [-0.05, 0) is 30.4 Å². The number of ether oxygens (including phenoxy) is 1. The van der Waals surface area contributed by atoms with Crippen LogP contribution in [0.4, 0.5) is 11.5 Å². The van der Waals surface area contributed by atoms with E-state index in [4.69, 9.17) is 10.5 Å². The molecule has 6 heteroatoms. The van der Waals surface area contributed by atoms with Crippen molar-refractivity contribution in [2.45, 2.75) is 25.4 Å². The van der Waals surface area contributed by atoms with Crippen molar-refractivity contribution in [2.24, 2.45) is 0 Å². The van der Waals surface area contributed by atoms with Crippen LogP contribution in [0.5, 0.6) is 5.88 Å². The first kappa shape index (κ1) is 13.4. The molecule has 1 aliphatic rings. The van der Waals surface area contributed by atoms with Crippen LogP contribution in [0.1, 0.15) is 30.1 Å². The summed E-state index contributed by atoms with van der Waals surface area (Å²) in [4.78, 5) is 14.4. The molecule has 2 aromatic rings. The van der Waals surface area contributed by atoms with Crippen LogP contribution >= 0.6 is 0 Å². The van der Waals surface area contributed by atoms with Crippen LogP contribution in [0, 0.1) is 10.1 Å². The third-order valence-corrected chi connectivity index (χ3v) is 3.59. The summed E-state index contributed by atoms with van der Waals surface area (Å²) >= 11 is 0. The molecule has 108 valence electrons. The molecule has 3 rings (SSSR count). The lowest BCUT2D eigenvalue weighted by Gasteiger charge is -2.25. The number of aryl methyl sites for hydroxylation is 1. The fourth-order valence-corrected chi connectivity index (χ4v) is 2.65. The highest BCUT2D eigenvalue weighted by Crippen LogP contribution is 2.34. The van der Waals surface area contributed by atoms with Crippen molar-refractivity contribution in [3.05, 3.63) is 57.6 Å². The largest absolute Gasteiger partial charge is 0.469 e. The summed E-state index contributed by atoms with van der Waals surface area (Å²) in [5, 5.41) is 10.9. The molecule has 6 nitrogen and oxygen atoms in total. The summed E-state index contributed by atoms with van der Waals surface area (Å²) in [5.74, 6) is 0.284. The Balaban J connectivity index is 1.90. The Kier molecular flexibility index (Phi) is 3.43. The normalized spacial score (nSPS) is 17.0. The average Bonchev–Trinajstić information content (AvgIpc) is 2.47. The van der Waals surface area contributed by atoms with E-state index >= 15 is 0 Å². The zero-order chi connectivity index (χ0) is 14.8. The molecule has 1 aromatic carbocycles. The van der Waals surface area contributed by atoms with Crippen molar-refractivity contribution in [2.75, 3.05) is 5.73 Å². The van der Waals surface area contributed by atoms with E-state index in [-0.39, 0.29) is 23.5 Å². The smallest absolute Gasteiger partial charge is 0.278 e. The molecular formula is C15H15N3O3. The Morgan fingerprint density at radius 1 is 1.33 bits per heavy atom. The highest BCUT2D eigenvalue weighted by atomic mass is 16.6. The predicted octanol–water partition coefficient (Wildman–Crippen LogP) is 3.03. The fourth-order valence-electron chi connectivity index (χ4n) is 2.65. The van der Waals surface area contributed by atoms with E-state index < -0.39 is 4.92 Å². The first-order chi connectivity index (χ1) is 10.1. The van der Waals surface area contributed by atoms with Gasteiger partial charge in [0.15, 0.2) is 0 Å². The summed E-state index contributed by atoms with van der Waals surface area (Å²) in [6.45, 7) is 0. The number of nitrogens with two attached hydrogens (primary N) is 1. The van der Waals surface area contributed by atoms with Crippen molar-refractivity contribution < 1.29 is 9.66 Å². The maximum absolute atomic E-state index is 10.9. The van der Waals surface area contributed by atoms with Crippen molar-refractivity contribution in [1.29, 1.82) is 0 Å². The van der Waals surface area contributed by atoms with Crippen LogP contribution in [0.2, 0.25) is 0 Å². The van der Waals surface area contributed by atoms with E-state index in [0.717, 1.165) is 24.8 Å². The monoisotopic (exact) mass is 285 g/mol. The molecule has 1 aliphatic carbocycles. The molecule has 0 saturated carbocycles. The number of nitro groups is 1. The van der Waals surface area contributed by atoms with E-state index in [2.05, 4.69) is 11.1 Å². The average molecular weight is 285 g/mol. The van der Waals surface area contributed by atoms with Gasteiger partial charge in [0.25, 0.3) is 5.69 Å². The molecular weight excluding hydrogens is 270 g/mol. The van der Waals surface area contributed by atoms with Crippen LogP contribution in [-0.4, -0.2) is 9.91 Å². The first-order valence-electron chi connectivity index (χ1n) is 6.80. The number of pyridine rings is 1. The number of anilines is 1. The molecule has 2 N–H and O–H groups in total. The summed E-state index contributed by atoms with van der Waals surface area (Å²) in [6, 6.07) is 10.6. The van der Waals surface area contributed by atoms with Gasteiger partial charge >= 0.3 is 0 Å². The lowest BCUT2D eigenvalue weighted by atomic mass is 9.89. The standard InChI is InChI=1S/C15H15N3O3/c16-14-8-11(18(19)20)9-15(17-14)21-13-7-3-5-10-4-1-2-6-12(10)13/h1-2,4,6,8-9,13H,3,5,7H2,(H2,16,17). The Hall–Kier alpha value is -2.63. The van der Waals surface area contributed by atoms with Gasteiger partial charge in [0.05, 0.1) is 17.1 Å². The van der Waals surface area contributed by atoms with Crippen LogP contribution in [0.3, 0.4) is 0 Å². The molecule has 0 radical (unpaired) electrons. The Morgan fingerprint density at radius 2 is 2.14 bits per heavy atom. The number of nitrogen functional groups attached to an aromatic ring is 1. The summed E-state index contributed by atoms with van der Waals surface area (Å²) in [7, 11) is 0. The molecule has 0 saturated heterocycles. The van der Waals surface area contributed by atoms with Crippen LogP contribution in [0.15, 0.2) is 36.4 Å². The quantitative estimate of drug-likeness (QED) is 0.691. The fraction of sp³-hybridized carbons (Fsp3) is 0.267. The molecule has 0 amide bonds. The number of rotatable bonds is 3. The van der Waals surface area contributed by atoms with E-state index in [1.54, 1.807) is 0 Å². The lowest BCUT2D eigenvalue weighted by Crippen LogP contribution is -2.16. The summed E-state index contributed by atoms with van der Waals surface area (Å²) < 4.78 is 5.86. The van der Waals surface area contributed by atoms with Crippen molar-refractivity contribution >= 4 is 11.5 Å². The van der Waals surface area contributed by atoms with Gasteiger partial charge in [-0.3, -0.25) is 10.1 Å². The second-order valence-electron chi connectivity index (χ2n) is 5.04. The number of hydrogen-bond donors (Lipinski definition) is 1. The third kappa shape index (κ3) is 2.79. The maximum atomic E-state index is 10.9. The number of fused-ring (bicyclic) bond motifs is 1. The molecule has 0 fully saturated rings. The van der Waals surface area contributed by atoms with E-state index in [1.165, 1.54) is 17.7 Å². The topological polar surface area (TPSA) is 91.3 Å². The van der Waals surface area contributed by atoms with Gasteiger partial charge in [-0.1, -0.05) is 24.3 Å². The van der Waals surface area contributed by atoms with Gasteiger partial charge in [0, 0.05) is 0 Å². The second kappa shape index (κ2) is 5.40. The molecule has 0 spiro atoms. The van der Waals surface area contributed by atoms with Crippen LogP contribution < -0.4 is 10.5 Å². The minimum absolute atomic E-state index is 0.0864. The maximum Gasteiger partial charge on any atom is 0.278 e. The number of hydrogen-bond acceptors (Lipinski definition) is 5. The van der Waals surface area contributed by atoms with Crippen molar-refractivity contribution in [3.8, 4) is 5.88 Å². The molecule has 21 heavy (non-hydrogen) atoms. The Morgan fingerprint density at radius 3 is 2.95 bits per heavy atom. The van der Waals surface area contributed by atoms with Crippen molar-refractivity contribution in [3.63, 3.8) is 0 Å². The zero-order valence-electron chi connectivity index (χ0n) is 11.4. The van der Waals surface area contributed by atoms with E-state index in [0.29, 0.717) is 0 Å². The third-order valence-electron chi connectivity index (χ3n) is 3.59. The molecule has 1 unspecified atom stereocenters. The molecule has 1 atom stereocenters. The van der Waals surface area contributed by atoms with Gasteiger partial charge in [-0.15, -0.1) is 0 Å². The SMILES string of the molecule is Nc1cc([N+](=O)[O-])cc(OC2CCCc3ccccc32)n1. The van der Waals surface area contributed by atoms with Crippen LogP contribution in [0.25, 0.3) is 0 Å². The Labute approximate surface area is 121 Å². The molecule has 1 heterocycles. The number of nitrogens with zero attached hydrogens (tertiary/aromatic N) is 2. The second-order valence-corrected chi connectivity index (χ2v) is 5.04. The summed E-state index contributed by atoms with van der Waals surface area (Å²) in [6.07, 6.45) is 2.78. The van der Waals surface area contributed by atoms with Crippen molar-refractivity contribution in [1.82, 2.24) is 4.98 Å². The van der Waals surface area contributed by atoms with Gasteiger partial charge in [-0.25, -0.2) is 0 Å². The lowest BCUT2D eigenvalue weighted by molar-refractivity contribution is -0.384. The van der Waals surface area contributed by atoms with E-state index in [9.17, 15) is 10.1 Å². The Bertz CT molecular complexity index is 688. The van der Waals surface area contributed by atoms with Crippen LogP contribution in [-0.2, 0) is 6.42 Å². The molecule has 0 bridgehead atoms. The van der Waals surface area contributed by atoms with Gasteiger partial charge in [0.2, 0.25) is 5.88 Å². The first-order valence-corrected chi connectivity index (χ1v) is 6.80. The minimum atomic E-state index is -0.500. The number of aromatic nitrogens is 1. The minimum Gasteiger partial charge on any atom is -0.469 e. The zero-order valence-corrected chi connectivity index (χ0v) is 11.4. The predicted molar refractivity (Wildman–Crippen MR) is 78.1 cm³/mol. The highest BCUT2D eigenvalue weighted by Gasteiger charge is 2.22. The number of benzene rings is 1. The highest BCUT2D eigenvalue weighted by molar-refractivity contribution is 5.45. The molecule has 1 aromatic heterocycles. The van der Waals surface area contributed by atoms with E-state index in [1.807, 2.05) is 18.2 Å². The molecule has 0 aliphatic heterocycles. The summed E-state index contributed by atoms with van der Waals surface area (Å²) in [5.41, 5.74) is 7.87.